The first-order valence-corrected chi connectivity index (χ1v) is 13.0. The number of thiazole rings is 1. The van der Waals surface area contributed by atoms with Gasteiger partial charge in [0.15, 0.2) is 5.01 Å². The zero-order chi connectivity index (χ0) is 25.3. The molecule has 0 saturated carbocycles. The van der Waals surface area contributed by atoms with Crippen LogP contribution in [0.25, 0.3) is 10.3 Å². The average molecular weight is 494 g/mol. The summed E-state index contributed by atoms with van der Waals surface area (Å²) in [6, 6.07) is 8.99. The number of nitrogens with one attached hydrogen (secondary N) is 1. The fraction of sp³-hybridized carbons (Fsp3) is 0.481. The van der Waals surface area contributed by atoms with Crippen molar-refractivity contribution in [3.05, 3.63) is 57.7 Å². The van der Waals surface area contributed by atoms with E-state index in [4.69, 9.17) is 10.7 Å². The Labute approximate surface area is 211 Å². The van der Waals surface area contributed by atoms with Crippen LogP contribution in [0.5, 0.6) is 0 Å². The predicted octanol–water partition coefficient (Wildman–Crippen LogP) is 4.36. The molecule has 3 N–H and O–H groups in total. The van der Waals surface area contributed by atoms with E-state index in [1.807, 2.05) is 20.2 Å². The molecule has 7 nitrogen and oxygen atoms in total. The lowest BCUT2D eigenvalue weighted by molar-refractivity contribution is 0.0932. The van der Waals surface area contributed by atoms with Crippen LogP contribution >= 0.6 is 11.3 Å². The van der Waals surface area contributed by atoms with E-state index in [2.05, 4.69) is 42.0 Å². The second-order valence-electron chi connectivity index (χ2n) is 10.9. The van der Waals surface area contributed by atoms with E-state index in [0.29, 0.717) is 22.9 Å². The van der Waals surface area contributed by atoms with Crippen molar-refractivity contribution in [2.45, 2.75) is 52.5 Å². The SMILES string of the molecule is CN(C)CC[C@@H](NC(=O)c1nc2cc3c(nc2s1)CC[C@H](C(C)(C)C)C3)c1cccc(C(N)=O)c1. The number of primary amides is 1. The normalized spacial score (nSPS) is 16.8. The molecular weight excluding hydrogens is 458 g/mol. The van der Waals surface area contributed by atoms with Crippen molar-refractivity contribution in [1.29, 1.82) is 0 Å². The highest BCUT2D eigenvalue weighted by Gasteiger charge is 2.30. The maximum absolute atomic E-state index is 13.3. The molecule has 0 spiro atoms. The average Bonchev–Trinajstić information content (AvgIpc) is 3.22. The van der Waals surface area contributed by atoms with Gasteiger partial charge < -0.3 is 16.0 Å². The van der Waals surface area contributed by atoms with Gasteiger partial charge in [0.05, 0.1) is 6.04 Å². The van der Waals surface area contributed by atoms with Crippen LogP contribution in [0.1, 0.15) is 76.6 Å². The van der Waals surface area contributed by atoms with Gasteiger partial charge in [-0.25, -0.2) is 9.97 Å². The molecule has 2 atom stereocenters. The Kier molecular flexibility index (Phi) is 7.24. The van der Waals surface area contributed by atoms with Crippen molar-refractivity contribution in [3.8, 4) is 0 Å². The number of carbonyl (C=O) groups is 2. The monoisotopic (exact) mass is 493 g/mol. The van der Waals surface area contributed by atoms with Crippen molar-refractivity contribution in [3.63, 3.8) is 0 Å². The van der Waals surface area contributed by atoms with Crippen LogP contribution in [0.2, 0.25) is 0 Å². The highest BCUT2D eigenvalue weighted by atomic mass is 32.1. The van der Waals surface area contributed by atoms with E-state index >= 15 is 0 Å². The van der Waals surface area contributed by atoms with Gasteiger partial charge in [-0.2, -0.15) is 0 Å². The van der Waals surface area contributed by atoms with Crippen molar-refractivity contribution >= 4 is 33.5 Å². The number of aryl methyl sites for hydroxylation is 1. The molecule has 1 aliphatic carbocycles. The number of benzene rings is 1. The Morgan fingerprint density at radius 3 is 2.69 bits per heavy atom. The summed E-state index contributed by atoms with van der Waals surface area (Å²) in [5.41, 5.74) is 10.2. The number of nitrogens with zero attached hydrogens (tertiary/aromatic N) is 3. The first-order valence-electron chi connectivity index (χ1n) is 12.2. The lowest BCUT2D eigenvalue weighted by Gasteiger charge is -2.34. The summed E-state index contributed by atoms with van der Waals surface area (Å²) in [7, 11) is 3.98. The third kappa shape index (κ3) is 5.87. The Morgan fingerprint density at radius 2 is 2.00 bits per heavy atom. The molecule has 186 valence electrons. The fourth-order valence-electron chi connectivity index (χ4n) is 4.69. The second-order valence-corrected chi connectivity index (χ2v) is 11.8. The van der Waals surface area contributed by atoms with Crippen molar-refractivity contribution < 1.29 is 9.59 Å². The Balaban J connectivity index is 1.58. The summed E-state index contributed by atoms with van der Waals surface area (Å²) in [6.07, 6.45) is 3.80. The number of aromatic nitrogens is 2. The number of hydrogen-bond donors (Lipinski definition) is 2. The second kappa shape index (κ2) is 10.0. The predicted molar refractivity (Wildman–Crippen MR) is 141 cm³/mol. The number of hydrogen-bond acceptors (Lipinski definition) is 6. The van der Waals surface area contributed by atoms with Crippen LogP contribution in [-0.4, -0.2) is 47.3 Å². The van der Waals surface area contributed by atoms with E-state index in [9.17, 15) is 9.59 Å². The fourth-order valence-corrected chi connectivity index (χ4v) is 5.53. The van der Waals surface area contributed by atoms with Crippen LogP contribution in [0.3, 0.4) is 0 Å². The molecule has 3 aromatic rings. The van der Waals surface area contributed by atoms with Gasteiger partial charge >= 0.3 is 0 Å². The molecule has 0 fully saturated rings. The molecule has 1 aromatic carbocycles. The minimum absolute atomic E-state index is 0.230. The summed E-state index contributed by atoms with van der Waals surface area (Å²) in [5.74, 6) is -0.101. The molecule has 0 saturated heterocycles. The van der Waals surface area contributed by atoms with E-state index in [1.165, 1.54) is 16.9 Å². The molecule has 2 heterocycles. The molecule has 8 heteroatoms. The number of nitrogens with two attached hydrogens (primary N) is 1. The lowest BCUT2D eigenvalue weighted by atomic mass is 9.71. The van der Waals surface area contributed by atoms with Gasteiger partial charge in [-0.15, -0.1) is 0 Å². The summed E-state index contributed by atoms with van der Waals surface area (Å²) in [5, 5.41) is 3.54. The largest absolute Gasteiger partial charge is 0.366 e. The zero-order valence-electron chi connectivity index (χ0n) is 21.2. The van der Waals surface area contributed by atoms with E-state index in [0.717, 1.165) is 47.4 Å². The highest BCUT2D eigenvalue weighted by Crippen LogP contribution is 2.38. The summed E-state index contributed by atoms with van der Waals surface area (Å²) >= 11 is 1.34. The van der Waals surface area contributed by atoms with E-state index < -0.39 is 5.91 Å². The van der Waals surface area contributed by atoms with Crippen LogP contribution in [0.15, 0.2) is 30.3 Å². The van der Waals surface area contributed by atoms with Gasteiger partial charge in [-0.05, 0) is 87.0 Å². The maximum atomic E-state index is 13.3. The molecule has 35 heavy (non-hydrogen) atoms. The molecule has 0 radical (unpaired) electrons. The van der Waals surface area contributed by atoms with Gasteiger partial charge in [-0.1, -0.05) is 44.2 Å². The van der Waals surface area contributed by atoms with Crippen molar-refractivity contribution in [2.24, 2.45) is 17.1 Å². The van der Waals surface area contributed by atoms with Crippen LogP contribution < -0.4 is 11.1 Å². The van der Waals surface area contributed by atoms with Crippen molar-refractivity contribution in [1.82, 2.24) is 20.2 Å². The smallest absolute Gasteiger partial charge is 0.280 e. The van der Waals surface area contributed by atoms with Gasteiger partial charge in [-0.3, -0.25) is 9.59 Å². The number of carbonyl (C=O) groups excluding carboxylic acids is 2. The summed E-state index contributed by atoms with van der Waals surface area (Å²) in [4.78, 5) is 37.4. The highest BCUT2D eigenvalue weighted by molar-refractivity contribution is 7.19. The molecule has 0 unspecified atom stereocenters. The molecule has 0 aliphatic heterocycles. The minimum atomic E-state index is -0.487. The molecule has 2 amide bonds. The van der Waals surface area contributed by atoms with Crippen LogP contribution in [0, 0.1) is 11.3 Å². The van der Waals surface area contributed by atoms with Gasteiger partial charge in [0.25, 0.3) is 5.91 Å². The Bertz CT molecular complexity index is 1240. The standard InChI is InChI=1S/C27H35N5O2S/c1-27(2,3)19-9-10-20-18(14-19)15-22-25(30-20)35-26(31-22)24(34)29-21(11-12-32(4)5)16-7-6-8-17(13-16)23(28)33/h6-8,13,15,19,21H,9-12,14H2,1-5H3,(H2,28,33)(H,29,34)/t19-,21+/m0/s1. The summed E-state index contributed by atoms with van der Waals surface area (Å²) in [6.45, 7) is 7.66. The maximum Gasteiger partial charge on any atom is 0.280 e. The van der Waals surface area contributed by atoms with Crippen LogP contribution in [-0.2, 0) is 12.8 Å². The third-order valence-electron chi connectivity index (χ3n) is 6.91. The number of amides is 2. The van der Waals surface area contributed by atoms with E-state index in [1.54, 1.807) is 18.2 Å². The molecule has 1 aliphatic rings. The van der Waals surface area contributed by atoms with E-state index in [-0.39, 0.29) is 17.4 Å². The Morgan fingerprint density at radius 1 is 1.23 bits per heavy atom. The summed E-state index contributed by atoms with van der Waals surface area (Å²) < 4.78 is 0. The molecule has 0 bridgehead atoms. The number of rotatable bonds is 7. The third-order valence-corrected chi connectivity index (χ3v) is 7.88. The first kappa shape index (κ1) is 25.3. The van der Waals surface area contributed by atoms with Crippen molar-refractivity contribution in [2.75, 3.05) is 20.6 Å². The van der Waals surface area contributed by atoms with Gasteiger partial charge in [0.1, 0.15) is 10.3 Å². The number of pyridine rings is 1. The first-order chi connectivity index (χ1) is 16.5. The molecular formula is C27H35N5O2S. The van der Waals surface area contributed by atoms with Gasteiger partial charge in [0.2, 0.25) is 5.91 Å². The molecule has 4 rings (SSSR count). The Hall–Kier alpha value is -2.84. The minimum Gasteiger partial charge on any atom is -0.366 e. The lowest BCUT2D eigenvalue weighted by Crippen LogP contribution is -2.31. The van der Waals surface area contributed by atoms with Gasteiger partial charge in [0, 0.05) is 11.3 Å². The quantitative estimate of drug-likeness (QED) is 0.509. The molecule has 2 aromatic heterocycles. The zero-order valence-corrected chi connectivity index (χ0v) is 22.0. The number of fused-ring (bicyclic) bond motifs is 2. The van der Waals surface area contributed by atoms with Crippen LogP contribution in [0.4, 0.5) is 0 Å². The topological polar surface area (TPSA) is 101 Å².